The number of rotatable bonds is 6. The lowest BCUT2D eigenvalue weighted by molar-refractivity contribution is -0.176. The standard InChI is InChI=1S/C22H23N5O2S/c1-3-20-21(24-11-1)25-22(30-20)28-18-6-4-17(5-7-18)15-26-13-8-19(9-14-26)29-27-12-2-10-23-16-27/h1-7,10-12,19H,8-9,13-16H2. The number of benzene rings is 1. The monoisotopic (exact) mass is 421 g/mol. The predicted octanol–water partition coefficient (Wildman–Crippen LogP) is 4.24. The maximum absolute atomic E-state index is 6.01. The van der Waals surface area contributed by atoms with Gasteiger partial charge in [0, 0.05) is 38.2 Å². The number of likely N-dealkylation sites (tertiary alicyclic amines) is 1. The summed E-state index contributed by atoms with van der Waals surface area (Å²) >= 11 is 1.51. The molecule has 3 aromatic rings. The number of allylic oxidation sites excluding steroid dienone is 1. The Bertz CT molecular complexity index is 1010. The highest BCUT2D eigenvalue weighted by molar-refractivity contribution is 7.20. The summed E-state index contributed by atoms with van der Waals surface area (Å²) in [6.07, 6.45) is 9.71. The summed E-state index contributed by atoms with van der Waals surface area (Å²) < 4.78 is 6.94. The number of aromatic nitrogens is 2. The van der Waals surface area contributed by atoms with E-state index in [1.807, 2.05) is 41.6 Å². The average Bonchev–Trinajstić information content (AvgIpc) is 3.19. The smallest absolute Gasteiger partial charge is 0.281 e. The zero-order valence-electron chi connectivity index (χ0n) is 16.6. The molecule has 2 aliphatic heterocycles. The fraction of sp³-hybridized carbons (Fsp3) is 0.318. The van der Waals surface area contributed by atoms with Crippen molar-refractivity contribution in [2.45, 2.75) is 25.5 Å². The van der Waals surface area contributed by atoms with Crippen LogP contribution in [0, 0.1) is 0 Å². The molecule has 1 aromatic carbocycles. The molecule has 0 N–H and O–H groups in total. The van der Waals surface area contributed by atoms with Gasteiger partial charge in [0.2, 0.25) is 0 Å². The molecule has 1 saturated heterocycles. The molecule has 0 spiro atoms. The van der Waals surface area contributed by atoms with Gasteiger partial charge in [-0.3, -0.25) is 14.7 Å². The topological polar surface area (TPSA) is 63.1 Å². The Labute approximate surface area is 179 Å². The minimum absolute atomic E-state index is 0.262. The molecule has 0 amide bonds. The molecule has 0 unspecified atom stereocenters. The van der Waals surface area contributed by atoms with Crippen LogP contribution in [-0.2, 0) is 11.4 Å². The number of nitrogens with zero attached hydrogens (tertiary/aromatic N) is 5. The molecule has 0 saturated carbocycles. The minimum Gasteiger partial charge on any atom is -0.431 e. The SMILES string of the molecule is C1=CN(OC2CCN(Cc3ccc(Oc4nc5ncccc5s4)cc3)CC2)CN=C1. The molecule has 0 atom stereocenters. The molecule has 4 heterocycles. The number of hydrogen-bond acceptors (Lipinski definition) is 8. The lowest BCUT2D eigenvalue weighted by Gasteiger charge is -2.34. The van der Waals surface area contributed by atoms with Crippen LogP contribution in [-0.4, -0.2) is 52.0 Å². The molecule has 2 aromatic heterocycles. The van der Waals surface area contributed by atoms with E-state index in [0.29, 0.717) is 11.9 Å². The fourth-order valence-corrected chi connectivity index (χ4v) is 4.41. The highest BCUT2D eigenvalue weighted by atomic mass is 32.1. The number of thiazole rings is 1. The minimum atomic E-state index is 0.262. The van der Waals surface area contributed by atoms with Crippen LogP contribution in [0.25, 0.3) is 10.3 Å². The van der Waals surface area contributed by atoms with E-state index in [-0.39, 0.29) is 6.10 Å². The molecule has 8 heteroatoms. The third-order valence-electron chi connectivity index (χ3n) is 5.16. The van der Waals surface area contributed by atoms with Gasteiger partial charge in [-0.25, -0.2) is 10.0 Å². The maximum Gasteiger partial charge on any atom is 0.281 e. The van der Waals surface area contributed by atoms with Crippen molar-refractivity contribution < 1.29 is 9.57 Å². The summed E-state index contributed by atoms with van der Waals surface area (Å²) in [5.74, 6) is 0.794. The first-order valence-corrected chi connectivity index (χ1v) is 10.9. The molecule has 5 rings (SSSR count). The second-order valence-electron chi connectivity index (χ2n) is 7.36. The van der Waals surface area contributed by atoms with E-state index in [4.69, 9.17) is 9.57 Å². The van der Waals surface area contributed by atoms with Gasteiger partial charge in [0.25, 0.3) is 5.19 Å². The zero-order chi connectivity index (χ0) is 20.2. The number of piperidine rings is 1. The summed E-state index contributed by atoms with van der Waals surface area (Å²) in [4.78, 5) is 21.4. The third kappa shape index (κ3) is 4.67. The van der Waals surface area contributed by atoms with Crippen molar-refractivity contribution in [3.63, 3.8) is 0 Å². The van der Waals surface area contributed by atoms with Crippen molar-refractivity contribution in [2.24, 2.45) is 4.99 Å². The van der Waals surface area contributed by atoms with E-state index >= 15 is 0 Å². The third-order valence-corrected chi connectivity index (χ3v) is 6.05. The van der Waals surface area contributed by atoms with Crippen LogP contribution in [0.3, 0.4) is 0 Å². The van der Waals surface area contributed by atoms with E-state index in [1.165, 1.54) is 16.9 Å². The van der Waals surface area contributed by atoms with Crippen molar-refractivity contribution in [3.8, 4) is 10.9 Å². The zero-order valence-corrected chi connectivity index (χ0v) is 17.4. The van der Waals surface area contributed by atoms with Gasteiger partial charge in [-0.05, 0) is 48.7 Å². The van der Waals surface area contributed by atoms with Crippen LogP contribution < -0.4 is 4.74 Å². The lowest BCUT2D eigenvalue weighted by Crippen LogP contribution is -2.39. The Morgan fingerprint density at radius 1 is 1.10 bits per heavy atom. The molecule has 30 heavy (non-hydrogen) atoms. The number of ether oxygens (including phenoxy) is 1. The second-order valence-corrected chi connectivity index (χ2v) is 8.36. The Morgan fingerprint density at radius 3 is 2.73 bits per heavy atom. The van der Waals surface area contributed by atoms with E-state index in [0.717, 1.165) is 48.6 Å². The van der Waals surface area contributed by atoms with Crippen molar-refractivity contribution in [1.29, 1.82) is 0 Å². The molecule has 0 radical (unpaired) electrons. The molecular formula is C22H23N5O2S. The Morgan fingerprint density at radius 2 is 1.97 bits per heavy atom. The van der Waals surface area contributed by atoms with Gasteiger partial charge in [-0.15, -0.1) is 0 Å². The molecule has 1 fully saturated rings. The van der Waals surface area contributed by atoms with E-state index in [1.54, 1.807) is 12.4 Å². The summed E-state index contributed by atoms with van der Waals surface area (Å²) in [5.41, 5.74) is 2.01. The van der Waals surface area contributed by atoms with E-state index in [9.17, 15) is 0 Å². The first kappa shape index (κ1) is 19.2. The van der Waals surface area contributed by atoms with E-state index in [2.05, 4.69) is 32.0 Å². The van der Waals surface area contributed by atoms with Crippen LogP contribution in [0.1, 0.15) is 18.4 Å². The Balaban J connectivity index is 1.11. The molecule has 2 aliphatic rings. The van der Waals surface area contributed by atoms with Crippen LogP contribution >= 0.6 is 11.3 Å². The van der Waals surface area contributed by atoms with Gasteiger partial charge in [0.05, 0.1) is 10.8 Å². The van der Waals surface area contributed by atoms with Crippen molar-refractivity contribution >= 4 is 27.9 Å². The van der Waals surface area contributed by atoms with Gasteiger partial charge in [0.15, 0.2) is 5.65 Å². The van der Waals surface area contributed by atoms with Crippen molar-refractivity contribution in [2.75, 3.05) is 19.8 Å². The van der Waals surface area contributed by atoms with Gasteiger partial charge in [-0.2, -0.15) is 4.98 Å². The predicted molar refractivity (Wildman–Crippen MR) is 118 cm³/mol. The summed E-state index contributed by atoms with van der Waals surface area (Å²) in [6, 6.07) is 12.2. The Hall–Kier alpha value is -2.81. The van der Waals surface area contributed by atoms with Crippen LogP contribution in [0.2, 0.25) is 0 Å². The molecular weight excluding hydrogens is 398 g/mol. The normalized spacial score (nSPS) is 17.7. The Kier molecular flexibility index (Phi) is 5.69. The van der Waals surface area contributed by atoms with E-state index < -0.39 is 0 Å². The molecule has 0 bridgehead atoms. The van der Waals surface area contributed by atoms with Gasteiger partial charge < -0.3 is 4.74 Å². The van der Waals surface area contributed by atoms with Crippen LogP contribution in [0.4, 0.5) is 0 Å². The maximum atomic E-state index is 6.01. The van der Waals surface area contributed by atoms with Crippen LogP contribution in [0.15, 0.2) is 59.9 Å². The molecule has 7 nitrogen and oxygen atoms in total. The number of fused-ring (bicyclic) bond motifs is 1. The quantitative estimate of drug-likeness (QED) is 0.593. The first-order valence-electron chi connectivity index (χ1n) is 10.1. The van der Waals surface area contributed by atoms with Crippen molar-refractivity contribution in [1.82, 2.24) is 19.9 Å². The summed E-state index contributed by atoms with van der Waals surface area (Å²) in [7, 11) is 0. The number of pyridine rings is 1. The number of aliphatic imine (C=N–C) groups is 1. The van der Waals surface area contributed by atoms with Gasteiger partial charge >= 0.3 is 0 Å². The van der Waals surface area contributed by atoms with Gasteiger partial charge in [0.1, 0.15) is 12.4 Å². The second kappa shape index (κ2) is 8.91. The van der Waals surface area contributed by atoms with Crippen molar-refractivity contribution in [3.05, 3.63) is 60.4 Å². The van der Waals surface area contributed by atoms with Crippen LogP contribution in [0.5, 0.6) is 10.9 Å². The largest absolute Gasteiger partial charge is 0.431 e. The highest BCUT2D eigenvalue weighted by Gasteiger charge is 2.22. The summed E-state index contributed by atoms with van der Waals surface area (Å²) in [6.45, 7) is 3.58. The molecule has 154 valence electrons. The number of hydrogen-bond donors (Lipinski definition) is 0. The summed E-state index contributed by atoms with van der Waals surface area (Å²) in [5, 5.41) is 2.44. The molecule has 0 aliphatic carbocycles. The highest BCUT2D eigenvalue weighted by Crippen LogP contribution is 2.30. The fourth-order valence-electron chi connectivity index (χ4n) is 3.62. The number of hydroxylamine groups is 2. The average molecular weight is 422 g/mol. The lowest BCUT2D eigenvalue weighted by atomic mass is 10.1. The van der Waals surface area contributed by atoms with Gasteiger partial charge in [-0.1, -0.05) is 23.5 Å². The first-order chi connectivity index (χ1) is 14.8.